The van der Waals surface area contributed by atoms with Gasteiger partial charge in [-0.2, -0.15) is 0 Å². The highest BCUT2D eigenvalue weighted by molar-refractivity contribution is 5.47. The first-order valence-corrected chi connectivity index (χ1v) is 11.1. The molecule has 1 saturated carbocycles. The van der Waals surface area contributed by atoms with Gasteiger partial charge in [0.2, 0.25) is 0 Å². The van der Waals surface area contributed by atoms with Crippen molar-refractivity contribution in [2.24, 2.45) is 17.8 Å². The molecule has 1 aromatic rings. The van der Waals surface area contributed by atoms with Crippen molar-refractivity contribution in [1.82, 2.24) is 0 Å². The molecule has 3 rings (SSSR count). The van der Waals surface area contributed by atoms with E-state index in [0.717, 1.165) is 32.6 Å². The Kier molecular flexibility index (Phi) is 7.72. The maximum Gasteiger partial charge on any atom is 0.146 e. The number of quaternary nitrogens is 1. The molecular formula is C23H38FN2O2+. The monoisotopic (exact) mass is 393 g/mol. The van der Waals surface area contributed by atoms with Crippen LogP contribution in [0.5, 0.6) is 0 Å². The van der Waals surface area contributed by atoms with Crippen LogP contribution < -0.4 is 9.80 Å². The average molecular weight is 394 g/mol. The molecule has 0 amide bonds. The number of nitrogens with one attached hydrogen (secondary N) is 1. The third-order valence-electron chi connectivity index (χ3n) is 6.65. The largest absolute Gasteiger partial charge is 0.385 e. The third kappa shape index (κ3) is 5.68. The van der Waals surface area contributed by atoms with Gasteiger partial charge in [-0.15, -0.1) is 0 Å². The summed E-state index contributed by atoms with van der Waals surface area (Å²) in [6, 6.07) is 6.98. The lowest BCUT2D eigenvalue weighted by atomic mass is 9.75. The summed E-state index contributed by atoms with van der Waals surface area (Å²) in [6.45, 7) is 11.5. The fraction of sp³-hybridized carbons (Fsp3) is 0.739. The minimum atomic E-state index is -0.431. The normalized spacial score (nSPS) is 27.9. The van der Waals surface area contributed by atoms with Crippen LogP contribution in [0.4, 0.5) is 10.1 Å². The molecule has 1 aliphatic carbocycles. The minimum Gasteiger partial charge on any atom is -0.385 e. The number of halogens is 1. The number of aliphatic hydroxyl groups is 1. The summed E-state index contributed by atoms with van der Waals surface area (Å²) in [7, 11) is 0. The molecule has 28 heavy (non-hydrogen) atoms. The van der Waals surface area contributed by atoms with E-state index in [1.165, 1.54) is 23.8 Å². The SMILES string of the molecule is CC(C)[C@@H]1CC[C@@H](C)C[C@H]1OC[C@H](O)C[NH+]1CCN(c2ccccc2F)CC1. The van der Waals surface area contributed by atoms with Crippen LogP contribution in [0.2, 0.25) is 0 Å². The van der Waals surface area contributed by atoms with E-state index in [-0.39, 0.29) is 11.9 Å². The van der Waals surface area contributed by atoms with Crippen molar-refractivity contribution in [3.8, 4) is 0 Å². The first-order valence-electron chi connectivity index (χ1n) is 11.1. The first kappa shape index (κ1) is 21.5. The van der Waals surface area contributed by atoms with E-state index < -0.39 is 6.10 Å². The lowest BCUT2D eigenvalue weighted by molar-refractivity contribution is -0.903. The molecule has 1 heterocycles. The van der Waals surface area contributed by atoms with Gasteiger partial charge in [-0.1, -0.05) is 39.3 Å². The summed E-state index contributed by atoms with van der Waals surface area (Å²) in [5, 5.41) is 10.5. The van der Waals surface area contributed by atoms with Gasteiger partial charge in [0.05, 0.1) is 44.6 Å². The summed E-state index contributed by atoms with van der Waals surface area (Å²) in [5.74, 6) is 1.81. The van der Waals surface area contributed by atoms with Crippen molar-refractivity contribution in [3.63, 3.8) is 0 Å². The highest BCUT2D eigenvalue weighted by Crippen LogP contribution is 2.35. The number of ether oxygens (including phenoxy) is 1. The van der Waals surface area contributed by atoms with Gasteiger partial charge in [-0.05, 0) is 42.7 Å². The van der Waals surface area contributed by atoms with E-state index in [4.69, 9.17) is 4.74 Å². The van der Waals surface area contributed by atoms with Crippen molar-refractivity contribution in [2.45, 2.75) is 52.2 Å². The van der Waals surface area contributed by atoms with Crippen LogP contribution in [0.15, 0.2) is 24.3 Å². The molecule has 0 spiro atoms. The predicted octanol–water partition coefficient (Wildman–Crippen LogP) is 2.37. The number of hydrogen-bond acceptors (Lipinski definition) is 3. The fourth-order valence-electron chi connectivity index (χ4n) is 4.91. The van der Waals surface area contributed by atoms with Crippen LogP contribution in [0.3, 0.4) is 0 Å². The number of anilines is 1. The summed E-state index contributed by atoms with van der Waals surface area (Å²) in [4.78, 5) is 3.49. The van der Waals surface area contributed by atoms with Crippen molar-refractivity contribution in [3.05, 3.63) is 30.1 Å². The molecule has 2 N–H and O–H groups in total. The van der Waals surface area contributed by atoms with E-state index in [2.05, 4.69) is 25.7 Å². The molecule has 158 valence electrons. The molecule has 4 nitrogen and oxygen atoms in total. The van der Waals surface area contributed by atoms with E-state index >= 15 is 0 Å². The summed E-state index contributed by atoms with van der Waals surface area (Å²) < 4.78 is 20.2. The number of hydrogen-bond donors (Lipinski definition) is 2. The van der Waals surface area contributed by atoms with E-state index in [9.17, 15) is 9.50 Å². The minimum absolute atomic E-state index is 0.152. The molecule has 0 bridgehead atoms. The number of benzene rings is 1. The molecule has 1 saturated heterocycles. The van der Waals surface area contributed by atoms with Crippen molar-refractivity contribution in [2.75, 3.05) is 44.2 Å². The Balaban J connectivity index is 1.42. The Morgan fingerprint density at radius 3 is 2.61 bits per heavy atom. The number of piperazine rings is 1. The zero-order valence-electron chi connectivity index (χ0n) is 17.7. The van der Waals surface area contributed by atoms with Crippen molar-refractivity contribution >= 4 is 5.69 Å². The summed E-state index contributed by atoms with van der Waals surface area (Å²) >= 11 is 0. The van der Waals surface area contributed by atoms with Crippen molar-refractivity contribution in [1.29, 1.82) is 0 Å². The Bertz CT molecular complexity index is 604. The lowest BCUT2D eigenvalue weighted by Crippen LogP contribution is -3.16. The zero-order chi connectivity index (χ0) is 20.1. The number of aliphatic hydroxyl groups excluding tert-OH is 1. The van der Waals surface area contributed by atoms with Gasteiger partial charge < -0.3 is 19.6 Å². The highest BCUT2D eigenvalue weighted by Gasteiger charge is 2.32. The molecule has 2 fully saturated rings. The van der Waals surface area contributed by atoms with E-state index in [0.29, 0.717) is 36.6 Å². The summed E-state index contributed by atoms with van der Waals surface area (Å²) in [5.41, 5.74) is 0.691. The molecule has 1 aromatic carbocycles. The maximum absolute atomic E-state index is 14.0. The van der Waals surface area contributed by atoms with Gasteiger partial charge in [0, 0.05) is 0 Å². The quantitative estimate of drug-likeness (QED) is 0.747. The molecular weight excluding hydrogens is 355 g/mol. The van der Waals surface area contributed by atoms with E-state index in [1.54, 1.807) is 6.07 Å². The van der Waals surface area contributed by atoms with Gasteiger partial charge in [0.15, 0.2) is 0 Å². The van der Waals surface area contributed by atoms with Crippen molar-refractivity contribution < 1.29 is 19.1 Å². The van der Waals surface area contributed by atoms with Crippen LogP contribution in [0.1, 0.15) is 40.0 Å². The highest BCUT2D eigenvalue weighted by atomic mass is 19.1. The Hall–Kier alpha value is -1.17. The number of nitrogens with zero attached hydrogens (tertiary/aromatic N) is 1. The Morgan fingerprint density at radius 2 is 1.93 bits per heavy atom. The van der Waals surface area contributed by atoms with Gasteiger partial charge >= 0.3 is 0 Å². The van der Waals surface area contributed by atoms with Gasteiger partial charge in [-0.25, -0.2) is 4.39 Å². The van der Waals surface area contributed by atoms with Gasteiger partial charge in [0.25, 0.3) is 0 Å². The maximum atomic E-state index is 14.0. The molecule has 5 heteroatoms. The van der Waals surface area contributed by atoms with Gasteiger partial charge in [-0.3, -0.25) is 0 Å². The second kappa shape index (κ2) is 10.0. The number of rotatable bonds is 7. The smallest absolute Gasteiger partial charge is 0.146 e. The second-order valence-electron chi connectivity index (χ2n) is 9.24. The fourth-order valence-corrected chi connectivity index (χ4v) is 4.91. The topological polar surface area (TPSA) is 37.1 Å². The van der Waals surface area contributed by atoms with Crippen LogP contribution in [-0.4, -0.2) is 56.6 Å². The first-order chi connectivity index (χ1) is 13.4. The second-order valence-corrected chi connectivity index (χ2v) is 9.24. The van der Waals surface area contributed by atoms with Crippen LogP contribution in [0.25, 0.3) is 0 Å². The molecule has 0 unspecified atom stereocenters. The third-order valence-corrected chi connectivity index (χ3v) is 6.65. The molecule has 2 aliphatic rings. The van der Waals surface area contributed by atoms with Crippen LogP contribution in [0, 0.1) is 23.6 Å². The lowest BCUT2D eigenvalue weighted by Gasteiger charge is -2.38. The Labute approximate surface area is 169 Å². The molecule has 1 aliphatic heterocycles. The molecule has 0 aromatic heterocycles. The average Bonchev–Trinajstić information content (AvgIpc) is 2.67. The standard InChI is InChI=1S/C23H37FN2O2/c1-17(2)20-9-8-18(3)14-23(20)28-16-19(27)15-25-10-12-26(13-11-25)22-7-5-4-6-21(22)24/h4-7,17-20,23,27H,8-16H2,1-3H3/p+1/t18-,19-,20+,23-/m1/s1. The van der Waals surface area contributed by atoms with Crippen LogP contribution >= 0.6 is 0 Å². The van der Waals surface area contributed by atoms with Gasteiger partial charge in [0.1, 0.15) is 18.5 Å². The molecule has 0 radical (unpaired) electrons. The predicted molar refractivity (Wildman–Crippen MR) is 111 cm³/mol. The van der Waals surface area contributed by atoms with E-state index in [1.807, 2.05) is 12.1 Å². The Morgan fingerprint density at radius 1 is 1.21 bits per heavy atom. The zero-order valence-corrected chi connectivity index (χ0v) is 17.7. The van der Waals surface area contributed by atoms with Crippen LogP contribution in [-0.2, 0) is 4.74 Å². The number of para-hydroxylation sites is 1. The molecule has 4 atom stereocenters. The summed E-state index contributed by atoms with van der Waals surface area (Å²) in [6.07, 6.45) is 3.50.